The van der Waals surface area contributed by atoms with E-state index in [1.807, 2.05) is 0 Å². The van der Waals surface area contributed by atoms with Gasteiger partial charge in [0.05, 0.1) is 5.41 Å². The molecule has 0 bridgehead atoms. The summed E-state index contributed by atoms with van der Waals surface area (Å²) < 4.78 is 2.47. The molecule has 0 saturated heterocycles. The van der Waals surface area contributed by atoms with Gasteiger partial charge < -0.3 is 0 Å². The van der Waals surface area contributed by atoms with Crippen LogP contribution in [-0.4, -0.2) is 0 Å². The lowest BCUT2D eigenvalue weighted by atomic mass is 9.78. The summed E-state index contributed by atoms with van der Waals surface area (Å²) in [5.41, 5.74) is 9.14. The Bertz CT molecular complexity index is 1150. The van der Waals surface area contributed by atoms with Gasteiger partial charge in [-0.15, -0.1) is 0 Å². The molecule has 1 unspecified atom stereocenters. The lowest BCUT2D eigenvalue weighted by Crippen LogP contribution is -2.37. The highest BCUT2D eigenvalue weighted by Gasteiger charge is 2.47. The summed E-state index contributed by atoms with van der Waals surface area (Å²) in [5, 5.41) is 0. The summed E-state index contributed by atoms with van der Waals surface area (Å²) in [6.45, 7) is 4.68. The van der Waals surface area contributed by atoms with Gasteiger partial charge in [-0.2, -0.15) is 4.57 Å². The zero-order valence-corrected chi connectivity index (χ0v) is 16.4. The topological polar surface area (TPSA) is 3.88 Å². The van der Waals surface area contributed by atoms with Crippen molar-refractivity contribution >= 4 is 0 Å². The van der Waals surface area contributed by atoms with Crippen LogP contribution in [-0.2, 0) is 5.41 Å². The van der Waals surface area contributed by atoms with Crippen LogP contribution >= 0.6 is 0 Å². The Hall–Kier alpha value is -3.19. The second-order valence-electron chi connectivity index (χ2n) is 7.78. The highest BCUT2D eigenvalue weighted by molar-refractivity contribution is 5.71. The van der Waals surface area contributed by atoms with E-state index in [2.05, 4.69) is 115 Å². The van der Waals surface area contributed by atoms with Gasteiger partial charge in [-0.05, 0) is 36.6 Å². The number of pyridine rings is 1. The molecule has 1 heteroatoms. The molecule has 1 aromatic heterocycles. The van der Waals surface area contributed by atoms with Crippen molar-refractivity contribution in [1.29, 1.82) is 0 Å². The van der Waals surface area contributed by atoms with Crippen molar-refractivity contribution < 1.29 is 4.57 Å². The summed E-state index contributed by atoms with van der Waals surface area (Å²) >= 11 is 0. The van der Waals surface area contributed by atoms with Crippen LogP contribution in [0, 0.1) is 0 Å². The van der Waals surface area contributed by atoms with Crippen molar-refractivity contribution in [3.05, 3.63) is 108 Å². The minimum absolute atomic E-state index is 0.00488. The van der Waals surface area contributed by atoms with Gasteiger partial charge in [-0.1, -0.05) is 73.7 Å². The van der Waals surface area contributed by atoms with E-state index >= 15 is 0 Å². The maximum atomic E-state index is 2.47. The van der Waals surface area contributed by atoms with E-state index in [0.717, 1.165) is 6.42 Å². The Morgan fingerprint density at radius 1 is 0.679 bits per heavy atom. The fraction of sp³-hybridized carbons (Fsp3) is 0.148. The van der Waals surface area contributed by atoms with Crippen LogP contribution in [0.4, 0.5) is 0 Å². The maximum Gasteiger partial charge on any atom is 0.219 e. The van der Waals surface area contributed by atoms with Gasteiger partial charge in [0.2, 0.25) is 11.4 Å². The second kappa shape index (κ2) is 6.45. The van der Waals surface area contributed by atoms with Crippen molar-refractivity contribution in [2.75, 3.05) is 0 Å². The van der Waals surface area contributed by atoms with Crippen LogP contribution in [0.15, 0.2) is 97.1 Å². The Morgan fingerprint density at radius 3 is 1.96 bits per heavy atom. The average Bonchev–Trinajstić information content (AvgIpc) is 3.04. The third-order valence-electron chi connectivity index (χ3n) is 6.25. The predicted molar refractivity (Wildman–Crippen MR) is 116 cm³/mol. The van der Waals surface area contributed by atoms with Crippen molar-refractivity contribution in [1.82, 2.24) is 0 Å². The van der Waals surface area contributed by atoms with Crippen LogP contribution in [0.25, 0.3) is 28.1 Å². The number of nitrogens with zero attached hydrogens (tertiary/aromatic N) is 1. The zero-order chi connectivity index (χ0) is 19.1. The van der Waals surface area contributed by atoms with Gasteiger partial charge in [-0.3, -0.25) is 0 Å². The lowest BCUT2D eigenvalue weighted by Gasteiger charge is -2.19. The molecule has 0 spiro atoms. The number of rotatable bonds is 3. The maximum absolute atomic E-state index is 2.47. The molecule has 0 saturated carbocycles. The normalized spacial score (nSPS) is 17.2. The van der Waals surface area contributed by atoms with Gasteiger partial charge >= 0.3 is 0 Å². The third kappa shape index (κ3) is 2.43. The van der Waals surface area contributed by atoms with E-state index in [0.29, 0.717) is 0 Å². The van der Waals surface area contributed by atoms with E-state index < -0.39 is 0 Å². The molecule has 136 valence electrons. The number of para-hydroxylation sites is 1. The Balaban J connectivity index is 1.88. The van der Waals surface area contributed by atoms with Crippen molar-refractivity contribution in [2.45, 2.75) is 25.7 Å². The molecular weight excluding hydrogens is 338 g/mol. The monoisotopic (exact) mass is 362 g/mol. The van der Waals surface area contributed by atoms with E-state index in [9.17, 15) is 0 Å². The quantitative estimate of drug-likeness (QED) is 0.375. The van der Waals surface area contributed by atoms with Crippen molar-refractivity contribution in [3.63, 3.8) is 0 Å². The van der Waals surface area contributed by atoms with Gasteiger partial charge in [0.1, 0.15) is 0 Å². The van der Waals surface area contributed by atoms with Crippen LogP contribution in [0.3, 0.4) is 0 Å². The highest BCUT2D eigenvalue weighted by Crippen LogP contribution is 2.43. The van der Waals surface area contributed by atoms with Gasteiger partial charge in [0.25, 0.3) is 0 Å². The smallest absolute Gasteiger partial charge is 0.156 e. The molecule has 1 aliphatic rings. The standard InChI is InChI=1S/C27H24N/c1-3-27(2)23-16-10-11-17-24(23)28-25(21-14-8-5-9-15-21)18-22(19-26(27)28)20-12-6-4-7-13-20/h4-19H,3H2,1-2H3/q+1. The molecule has 0 amide bonds. The van der Waals surface area contributed by atoms with Crippen molar-refractivity contribution in [3.8, 4) is 28.1 Å². The number of hydrogen-bond acceptors (Lipinski definition) is 0. The molecule has 0 aliphatic carbocycles. The minimum Gasteiger partial charge on any atom is -0.156 e. The zero-order valence-electron chi connectivity index (χ0n) is 16.4. The number of benzene rings is 3. The van der Waals surface area contributed by atoms with Crippen LogP contribution < -0.4 is 4.57 Å². The minimum atomic E-state index is 0.00488. The molecule has 1 nitrogen and oxygen atoms in total. The first kappa shape index (κ1) is 16.9. The first-order chi connectivity index (χ1) is 13.7. The number of hydrogen-bond donors (Lipinski definition) is 0. The molecule has 0 radical (unpaired) electrons. The summed E-state index contributed by atoms with van der Waals surface area (Å²) in [6.07, 6.45) is 1.07. The molecule has 0 fully saturated rings. The highest BCUT2D eigenvalue weighted by atomic mass is 15.0. The Kier molecular flexibility index (Phi) is 3.91. The van der Waals surface area contributed by atoms with Gasteiger partial charge in [-0.25, -0.2) is 0 Å². The van der Waals surface area contributed by atoms with Crippen LogP contribution in [0.2, 0.25) is 0 Å². The lowest BCUT2D eigenvalue weighted by molar-refractivity contribution is -0.588. The SMILES string of the molecule is CCC1(C)c2ccccc2-[n+]2c(-c3ccccc3)cc(-c3ccccc3)cc21. The summed E-state index contributed by atoms with van der Waals surface area (Å²) in [7, 11) is 0. The summed E-state index contributed by atoms with van der Waals surface area (Å²) in [6, 6.07) is 35.1. The summed E-state index contributed by atoms with van der Waals surface area (Å²) in [4.78, 5) is 0. The molecule has 0 N–H and O–H groups in total. The fourth-order valence-electron chi connectivity index (χ4n) is 4.52. The molecular formula is C27H24N+. The molecule has 1 atom stereocenters. The van der Waals surface area contributed by atoms with E-state index in [-0.39, 0.29) is 5.41 Å². The molecule has 5 rings (SSSR count). The van der Waals surface area contributed by atoms with E-state index in [4.69, 9.17) is 0 Å². The Labute approximate surface area is 166 Å². The molecule has 3 aromatic carbocycles. The van der Waals surface area contributed by atoms with Crippen LogP contribution in [0.1, 0.15) is 31.5 Å². The van der Waals surface area contributed by atoms with Crippen molar-refractivity contribution in [2.24, 2.45) is 0 Å². The van der Waals surface area contributed by atoms with Crippen LogP contribution in [0.5, 0.6) is 0 Å². The number of fused-ring (bicyclic) bond motifs is 3. The molecule has 4 aromatic rings. The molecule has 1 aliphatic heterocycles. The van der Waals surface area contributed by atoms with Gasteiger partial charge in [0, 0.05) is 29.3 Å². The molecule has 28 heavy (non-hydrogen) atoms. The predicted octanol–water partition coefficient (Wildman–Crippen LogP) is 6.33. The molecule has 2 heterocycles. The Morgan fingerprint density at radius 2 is 1.29 bits per heavy atom. The van der Waals surface area contributed by atoms with E-state index in [1.165, 1.54) is 39.3 Å². The fourth-order valence-corrected chi connectivity index (χ4v) is 4.52. The second-order valence-corrected chi connectivity index (χ2v) is 7.78. The average molecular weight is 362 g/mol. The van der Waals surface area contributed by atoms with E-state index in [1.54, 1.807) is 0 Å². The first-order valence-corrected chi connectivity index (χ1v) is 10.0. The van der Waals surface area contributed by atoms with Gasteiger partial charge in [0.15, 0.2) is 5.69 Å². The summed E-state index contributed by atoms with van der Waals surface area (Å²) in [5.74, 6) is 0. The first-order valence-electron chi connectivity index (χ1n) is 10.0. The largest absolute Gasteiger partial charge is 0.219 e. The number of aromatic nitrogens is 1. The third-order valence-corrected chi connectivity index (χ3v) is 6.25.